The normalized spacial score (nSPS) is 13.8. The van der Waals surface area contributed by atoms with E-state index in [2.05, 4.69) is 10.3 Å². The van der Waals surface area contributed by atoms with Crippen LogP contribution in [0.15, 0.2) is 12.1 Å². The van der Waals surface area contributed by atoms with Crippen LogP contribution < -0.4 is 20.5 Å². The van der Waals surface area contributed by atoms with Crippen molar-refractivity contribution in [1.29, 1.82) is 0 Å². The number of primary amides is 1. The fourth-order valence-corrected chi connectivity index (χ4v) is 4.37. The highest BCUT2D eigenvalue weighted by molar-refractivity contribution is 7.15. The van der Waals surface area contributed by atoms with Gasteiger partial charge in [-0.3, -0.25) is 14.9 Å². The highest BCUT2D eigenvalue weighted by Crippen LogP contribution is 2.37. The Morgan fingerprint density at radius 1 is 1.25 bits per heavy atom. The number of aryl methyl sites for hydroxylation is 2. The molecule has 2 aromatic rings. The molecule has 0 fully saturated rings. The number of anilines is 1. The summed E-state index contributed by atoms with van der Waals surface area (Å²) in [7, 11) is 1.42. The van der Waals surface area contributed by atoms with E-state index in [9.17, 15) is 9.59 Å². The molecule has 1 heterocycles. The number of hydrogen-bond donors (Lipinski definition) is 2. The summed E-state index contributed by atoms with van der Waals surface area (Å²) in [5.74, 6) is -0.579. The molecule has 0 spiro atoms. The maximum Gasteiger partial charge on any atom is 0.257 e. The number of thiazole rings is 1. The van der Waals surface area contributed by atoms with Crippen molar-refractivity contribution in [2.45, 2.75) is 38.5 Å². The van der Waals surface area contributed by atoms with Crippen molar-refractivity contribution >= 4 is 39.9 Å². The maximum absolute atomic E-state index is 12.7. The fraction of sp³-hybridized carbons (Fsp3) is 0.421. The Morgan fingerprint density at radius 2 is 2.00 bits per heavy atom. The summed E-state index contributed by atoms with van der Waals surface area (Å²) in [4.78, 5) is 29.5. The number of rotatable bonds is 6. The number of aromatic nitrogens is 1. The molecular formula is C19H22ClN3O4S. The number of amides is 2. The molecule has 1 aliphatic carbocycles. The van der Waals surface area contributed by atoms with Gasteiger partial charge < -0.3 is 15.2 Å². The molecule has 0 unspecified atom stereocenters. The molecule has 7 nitrogen and oxygen atoms in total. The number of hydrogen-bond acceptors (Lipinski definition) is 6. The van der Waals surface area contributed by atoms with E-state index >= 15 is 0 Å². The average Bonchev–Trinajstić information content (AvgIpc) is 3.00. The molecular weight excluding hydrogens is 402 g/mol. The molecule has 0 atom stereocenters. The van der Waals surface area contributed by atoms with Crippen molar-refractivity contribution in [3.05, 3.63) is 33.3 Å². The predicted octanol–water partition coefficient (Wildman–Crippen LogP) is 3.58. The van der Waals surface area contributed by atoms with E-state index in [4.69, 9.17) is 26.8 Å². The number of nitrogens with two attached hydrogens (primary N) is 1. The number of fused-ring (bicyclic) bond motifs is 1. The Labute approximate surface area is 172 Å². The topological polar surface area (TPSA) is 104 Å². The van der Waals surface area contributed by atoms with Gasteiger partial charge in [0.2, 0.25) is 0 Å². The first-order valence-electron chi connectivity index (χ1n) is 9.06. The van der Waals surface area contributed by atoms with E-state index in [-0.39, 0.29) is 29.0 Å². The second-order valence-corrected chi connectivity index (χ2v) is 7.99. The lowest BCUT2D eigenvalue weighted by atomic mass is 10.0. The predicted molar refractivity (Wildman–Crippen MR) is 109 cm³/mol. The number of nitrogens with one attached hydrogen (secondary N) is 1. The molecule has 0 saturated carbocycles. The van der Waals surface area contributed by atoms with E-state index in [0.717, 1.165) is 31.4 Å². The lowest BCUT2D eigenvalue weighted by Gasteiger charge is -2.13. The fourth-order valence-electron chi connectivity index (χ4n) is 3.06. The third-order valence-corrected chi connectivity index (χ3v) is 5.77. The highest BCUT2D eigenvalue weighted by atomic mass is 35.5. The zero-order valence-electron chi connectivity index (χ0n) is 15.5. The van der Waals surface area contributed by atoms with Crippen LogP contribution in [0.4, 0.5) is 5.13 Å². The van der Waals surface area contributed by atoms with E-state index in [1.165, 1.54) is 48.3 Å². The summed E-state index contributed by atoms with van der Waals surface area (Å²) < 4.78 is 10.5. The standard InChI is InChI=1S/C19H22ClN3O4S/c1-26-14-9-11(8-12(20)17(14)27-10-16(21)24)18(25)23-19-22-13-6-4-2-3-5-7-15(13)28-19/h8-9H,2-7,10H2,1H3,(H2,21,24)(H,22,23,25). The van der Waals surface area contributed by atoms with Crippen molar-refractivity contribution in [2.75, 3.05) is 19.0 Å². The zero-order valence-corrected chi connectivity index (χ0v) is 17.1. The molecule has 0 radical (unpaired) electrons. The van der Waals surface area contributed by atoms with Gasteiger partial charge in [0.1, 0.15) is 0 Å². The maximum atomic E-state index is 12.7. The van der Waals surface area contributed by atoms with Gasteiger partial charge in [-0.1, -0.05) is 24.4 Å². The number of nitrogens with zero attached hydrogens (tertiary/aromatic N) is 1. The van der Waals surface area contributed by atoms with E-state index in [1.54, 1.807) is 0 Å². The van der Waals surface area contributed by atoms with Gasteiger partial charge in [-0.05, 0) is 37.8 Å². The molecule has 2 amide bonds. The Hall–Kier alpha value is -2.32. The lowest BCUT2D eigenvalue weighted by molar-refractivity contribution is -0.119. The van der Waals surface area contributed by atoms with Crippen molar-refractivity contribution in [2.24, 2.45) is 5.73 Å². The van der Waals surface area contributed by atoms with Crippen LogP contribution in [0.5, 0.6) is 11.5 Å². The third kappa shape index (κ3) is 4.94. The van der Waals surface area contributed by atoms with Gasteiger partial charge in [-0.2, -0.15) is 0 Å². The molecule has 9 heteroatoms. The van der Waals surface area contributed by atoms with Crippen molar-refractivity contribution in [1.82, 2.24) is 4.98 Å². The molecule has 1 aliphatic rings. The summed E-state index contributed by atoms with van der Waals surface area (Å²) >= 11 is 7.74. The second kappa shape index (κ2) is 9.25. The van der Waals surface area contributed by atoms with Crippen molar-refractivity contribution in [3.8, 4) is 11.5 Å². The molecule has 28 heavy (non-hydrogen) atoms. The lowest BCUT2D eigenvalue weighted by Crippen LogP contribution is -2.20. The summed E-state index contributed by atoms with van der Waals surface area (Å²) in [5, 5.41) is 3.58. The van der Waals surface area contributed by atoms with Gasteiger partial charge in [0, 0.05) is 10.4 Å². The van der Waals surface area contributed by atoms with Crippen LogP contribution in [-0.4, -0.2) is 30.5 Å². The highest BCUT2D eigenvalue weighted by Gasteiger charge is 2.19. The monoisotopic (exact) mass is 423 g/mol. The largest absolute Gasteiger partial charge is 0.493 e. The van der Waals surface area contributed by atoms with Crippen LogP contribution in [0.25, 0.3) is 0 Å². The molecule has 3 N–H and O–H groups in total. The first kappa shape index (κ1) is 20.4. The molecule has 1 aromatic heterocycles. The number of carbonyl (C=O) groups is 2. The van der Waals surface area contributed by atoms with Crippen LogP contribution in [0.2, 0.25) is 5.02 Å². The van der Waals surface area contributed by atoms with Crippen molar-refractivity contribution < 1.29 is 19.1 Å². The van der Waals surface area contributed by atoms with Crippen LogP contribution in [0.1, 0.15) is 46.6 Å². The molecule has 1 aromatic carbocycles. The minimum atomic E-state index is -0.640. The molecule has 0 bridgehead atoms. The van der Waals surface area contributed by atoms with Crippen LogP contribution in [0.3, 0.4) is 0 Å². The Morgan fingerprint density at radius 3 is 2.71 bits per heavy atom. The summed E-state index contributed by atoms with van der Waals surface area (Å²) in [5.41, 5.74) is 6.48. The Balaban J connectivity index is 1.78. The zero-order chi connectivity index (χ0) is 20.1. The summed E-state index contributed by atoms with van der Waals surface area (Å²) in [6.07, 6.45) is 6.70. The van der Waals surface area contributed by atoms with Gasteiger partial charge in [-0.15, -0.1) is 11.3 Å². The van der Waals surface area contributed by atoms with E-state index in [0.29, 0.717) is 10.7 Å². The van der Waals surface area contributed by atoms with Gasteiger partial charge in [-0.25, -0.2) is 4.98 Å². The number of halogens is 1. The Kier molecular flexibility index (Phi) is 6.74. The number of benzene rings is 1. The van der Waals surface area contributed by atoms with Gasteiger partial charge in [0.25, 0.3) is 11.8 Å². The molecule has 0 aliphatic heterocycles. The molecule has 0 saturated heterocycles. The molecule has 3 rings (SSSR count). The van der Waals surface area contributed by atoms with Crippen LogP contribution in [0, 0.1) is 0 Å². The third-order valence-electron chi connectivity index (χ3n) is 4.42. The number of carbonyl (C=O) groups excluding carboxylic acids is 2. The van der Waals surface area contributed by atoms with Gasteiger partial charge in [0.05, 0.1) is 17.8 Å². The van der Waals surface area contributed by atoms with Crippen LogP contribution in [-0.2, 0) is 17.6 Å². The smallest absolute Gasteiger partial charge is 0.257 e. The second-order valence-electron chi connectivity index (χ2n) is 6.50. The van der Waals surface area contributed by atoms with Crippen molar-refractivity contribution in [3.63, 3.8) is 0 Å². The summed E-state index contributed by atoms with van der Waals surface area (Å²) in [6, 6.07) is 2.96. The first-order chi connectivity index (χ1) is 13.5. The van der Waals surface area contributed by atoms with E-state index < -0.39 is 5.91 Å². The molecule has 150 valence electrons. The minimum absolute atomic E-state index is 0.150. The SMILES string of the molecule is COc1cc(C(=O)Nc2nc3c(s2)CCCCCC3)cc(Cl)c1OCC(N)=O. The quantitative estimate of drug-likeness (QED) is 0.739. The average molecular weight is 424 g/mol. The number of methoxy groups -OCH3 is 1. The van der Waals surface area contributed by atoms with Crippen LogP contribution >= 0.6 is 22.9 Å². The van der Waals surface area contributed by atoms with Gasteiger partial charge in [0.15, 0.2) is 23.2 Å². The minimum Gasteiger partial charge on any atom is -0.493 e. The Bertz CT molecular complexity index is 859. The summed E-state index contributed by atoms with van der Waals surface area (Å²) in [6.45, 7) is -0.341. The van der Waals surface area contributed by atoms with Gasteiger partial charge >= 0.3 is 0 Å². The van der Waals surface area contributed by atoms with E-state index in [1.807, 2.05) is 0 Å². The first-order valence-corrected chi connectivity index (χ1v) is 10.3. The number of ether oxygens (including phenoxy) is 2.